The molecule has 0 aliphatic heterocycles. The third-order valence-corrected chi connectivity index (χ3v) is 8.13. The Hall–Kier alpha value is -3.35. The van der Waals surface area contributed by atoms with Crippen LogP contribution >= 0.6 is 0 Å². The molecule has 3 aliphatic rings. The number of carbonyl (C=O) groups is 3. The third-order valence-electron chi connectivity index (χ3n) is 8.13. The second-order valence-corrected chi connectivity index (χ2v) is 10.1. The van der Waals surface area contributed by atoms with E-state index in [-0.39, 0.29) is 36.8 Å². The van der Waals surface area contributed by atoms with Gasteiger partial charge in [0.15, 0.2) is 0 Å². The van der Waals surface area contributed by atoms with Crippen molar-refractivity contribution in [3.8, 4) is 11.1 Å². The molecule has 2 atom stereocenters. The average molecular weight is 477 g/mol. The van der Waals surface area contributed by atoms with Gasteiger partial charge < -0.3 is 20.1 Å². The largest absolute Gasteiger partial charge is 0.479 e. The van der Waals surface area contributed by atoms with Crippen molar-refractivity contribution in [2.75, 3.05) is 13.7 Å². The summed E-state index contributed by atoms with van der Waals surface area (Å²) >= 11 is 0. The van der Waals surface area contributed by atoms with Crippen molar-refractivity contribution in [2.45, 2.75) is 62.4 Å². The Morgan fingerprint density at radius 1 is 1.00 bits per heavy atom. The fourth-order valence-electron chi connectivity index (χ4n) is 5.84. The number of rotatable bonds is 7. The molecular weight excluding hydrogens is 444 g/mol. The summed E-state index contributed by atoms with van der Waals surface area (Å²) in [6.45, 7) is 0.250. The van der Waals surface area contributed by atoms with Crippen LogP contribution in [0.2, 0.25) is 0 Å². The van der Waals surface area contributed by atoms with Crippen LogP contribution in [0.1, 0.15) is 62.0 Å². The number of fused-ring (bicyclic) bond motifs is 3. The first-order valence-electron chi connectivity index (χ1n) is 12.5. The lowest BCUT2D eigenvalue weighted by Crippen LogP contribution is -2.48. The molecule has 35 heavy (non-hydrogen) atoms. The summed E-state index contributed by atoms with van der Waals surface area (Å²) in [5.41, 5.74) is 3.65. The van der Waals surface area contributed by atoms with Crippen LogP contribution in [0.25, 0.3) is 11.1 Å². The van der Waals surface area contributed by atoms with Gasteiger partial charge in [-0.1, -0.05) is 61.4 Å². The molecule has 2 unspecified atom stereocenters. The first-order valence-corrected chi connectivity index (χ1v) is 12.5. The third kappa shape index (κ3) is 4.40. The van der Waals surface area contributed by atoms with Crippen molar-refractivity contribution < 1.29 is 24.2 Å². The predicted molar refractivity (Wildman–Crippen MR) is 131 cm³/mol. The Morgan fingerprint density at radius 2 is 1.60 bits per heavy atom. The SMILES string of the molecule is CN(C(=O)CC1CCCCC1NC(=O)OCC1c2ccccc2-c2ccccc21)C1(C(=O)O)CC1. The van der Waals surface area contributed by atoms with Crippen molar-refractivity contribution in [3.05, 3.63) is 59.7 Å². The molecule has 7 heteroatoms. The Kier molecular flexibility index (Phi) is 6.26. The van der Waals surface area contributed by atoms with Crippen LogP contribution in [0.4, 0.5) is 4.79 Å². The van der Waals surface area contributed by atoms with Crippen molar-refractivity contribution >= 4 is 18.0 Å². The van der Waals surface area contributed by atoms with Crippen molar-refractivity contribution in [1.29, 1.82) is 0 Å². The normalized spacial score (nSPS) is 22.0. The number of benzene rings is 2. The number of carboxylic acids is 1. The molecule has 2 fully saturated rings. The van der Waals surface area contributed by atoms with Gasteiger partial charge in [0.05, 0.1) is 0 Å². The standard InChI is InChI=1S/C28H32N2O5/c1-30(28(14-15-28)26(32)33)25(31)16-18-8-2-7-13-24(18)29-27(34)35-17-23-21-11-5-3-9-19(21)20-10-4-6-12-22(20)23/h3-6,9-12,18,23-24H,2,7-8,13-17H2,1H3,(H,29,34)(H,32,33). The van der Waals surface area contributed by atoms with Gasteiger partial charge in [0.25, 0.3) is 0 Å². The van der Waals surface area contributed by atoms with Crippen LogP contribution < -0.4 is 5.32 Å². The predicted octanol–water partition coefficient (Wildman–Crippen LogP) is 4.55. The second kappa shape index (κ2) is 9.36. The molecule has 0 spiro atoms. The van der Waals surface area contributed by atoms with E-state index in [1.165, 1.54) is 16.0 Å². The van der Waals surface area contributed by atoms with Crippen LogP contribution in [0.5, 0.6) is 0 Å². The van der Waals surface area contributed by atoms with Gasteiger partial charge in [-0.2, -0.15) is 0 Å². The average Bonchev–Trinajstić information content (AvgIpc) is 3.62. The lowest BCUT2D eigenvalue weighted by molar-refractivity contribution is -0.151. The van der Waals surface area contributed by atoms with Gasteiger partial charge in [0.2, 0.25) is 5.91 Å². The number of alkyl carbamates (subject to hydrolysis) is 1. The van der Waals surface area contributed by atoms with Crippen molar-refractivity contribution in [1.82, 2.24) is 10.2 Å². The zero-order valence-corrected chi connectivity index (χ0v) is 20.0. The van der Waals surface area contributed by atoms with E-state index in [1.54, 1.807) is 7.05 Å². The van der Waals surface area contributed by atoms with Crippen LogP contribution in [0, 0.1) is 5.92 Å². The van der Waals surface area contributed by atoms with E-state index in [9.17, 15) is 19.5 Å². The van der Waals surface area contributed by atoms with Gasteiger partial charge in [0.1, 0.15) is 12.1 Å². The van der Waals surface area contributed by atoms with Crippen molar-refractivity contribution in [2.24, 2.45) is 5.92 Å². The van der Waals surface area contributed by atoms with Crippen LogP contribution in [-0.2, 0) is 14.3 Å². The fourth-order valence-corrected chi connectivity index (χ4v) is 5.84. The number of likely N-dealkylation sites (N-methyl/N-ethyl adjacent to an activating group) is 1. The molecule has 0 bridgehead atoms. The van der Waals surface area contributed by atoms with Crippen LogP contribution in [0.15, 0.2) is 48.5 Å². The number of ether oxygens (including phenoxy) is 1. The molecule has 184 valence electrons. The number of hydrogen-bond acceptors (Lipinski definition) is 4. The van der Waals surface area contributed by atoms with E-state index >= 15 is 0 Å². The zero-order valence-electron chi connectivity index (χ0n) is 20.0. The quantitative estimate of drug-likeness (QED) is 0.611. The highest BCUT2D eigenvalue weighted by Crippen LogP contribution is 2.45. The Labute approximate surface area is 205 Å². The highest BCUT2D eigenvalue weighted by molar-refractivity contribution is 5.89. The fraction of sp³-hybridized carbons (Fsp3) is 0.464. The summed E-state index contributed by atoms with van der Waals surface area (Å²) in [5.74, 6) is -1.14. The molecule has 2 amide bonds. The zero-order chi connectivity index (χ0) is 24.6. The molecule has 0 saturated heterocycles. The minimum absolute atomic E-state index is 0.00344. The maximum Gasteiger partial charge on any atom is 0.407 e. The summed E-state index contributed by atoms with van der Waals surface area (Å²) in [5, 5.41) is 12.5. The Bertz CT molecular complexity index is 1100. The van der Waals surface area contributed by atoms with E-state index in [4.69, 9.17) is 4.74 Å². The molecular formula is C28H32N2O5. The Morgan fingerprint density at radius 3 is 2.20 bits per heavy atom. The number of nitrogens with one attached hydrogen (secondary N) is 1. The lowest BCUT2D eigenvalue weighted by atomic mass is 9.82. The smallest absolute Gasteiger partial charge is 0.407 e. The summed E-state index contributed by atoms with van der Waals surface area (Å²) in [7, 11) is 1.58. The van der Waals surface area contributed by atoms with Gasteiger partial charge in [-0.3, -0.25) is 4.79 Å². The molecule has 2 aromatic rings. The van der Waals surface area contributed by atoms with E-state index < -0.39 is 17.6 Å². The van der Waals surface area contributed by atoms with Crippen molar-refractivity contribution in [3.63, 3.8) is 0 Å². The second-order valence-electron chi connectivity index (χ2n) is 10.1. The summed E-state index contributed by atoms with van der Waals surface area (Å²) in [6.07, 6.45) is 4.35. The van der Waals surface area contributed by atoms with Gasteiger partial charge >= 0.3 is 12.1 Å². The minimum atomic E-state index is -1.04. The topological polar surface area (TPSA) is 95.9 Å². The number of hydrogen-bond donors (Lipinski definition) is 2. The molecule has 0 heterocycles. The molecule has 3 aliphatic carbocycles. The van der Waals surface area contributed by atoms with Gasteiger partial charge in [-0.05, 0) is 53.9 Å². The monoisotopic (exact) mass is 476 g/mol. The number of carbonyl (C=O) groups excluding carboxylic acids is 2. The highest BCUT2D eigenvalue weighted by atomic mass is 16.5. The van der Waals surface area contributed by atoms with E-state index in [1.807, 2.05) is 24.3 Å². The molecule has 5 rings (SSSR count). The first kappa shape index (κ1) is 23.4. The number of nitrogens with zero attached hydrogens (tertiary/aromatic N) is 1. The molecule has 0 aromatic heterocycles. The van der Waals surface area contributed by atoms with Gasteiger partial charge in [-0.25, -0.2) is 9.59 Å². The summed E-state index contributed by atoms with van der Waals surface area (Å²) in [6, 6.07) is 16.3. The molecule has 7 nitrogen and oxygen atoms in total. The van der Waals surface area contributed by atoms with Gasteiger partial charge in [0, 0.05) is 25.4 Å². The maximum atomic E-state index is 12.9. The molecule has 2 saturated carbocycles. The van der Waals surface area contributed by atoms with Crippen LogP contribution in [0.3, 0.4) is 0 Å². The first-order chi connectivity index (χ1) is 16.9. The van der Waals surface area contributed by atoms with E-state index in [0.717, 1.165) is 36.8 Å². The molecule has 2 aromatic carbocycles. The number of carboxylic acid groups (broad SMARTS) is 1. The van der Waals surface area contributed by atoms with Gasteiger partial charge in [-0.15, -0.1) is 0 Å². The Balaban J connectivity index is 1.20. The van der Waals surface area contributed by atoms with Crippen LogP contribution in [-0.4, -0.2) is 53.2 Å². The number of amides is 2. The summed E-state index contributed by atoms with van der Waals surface area (Å²) in [4.78, 5) is 38.7. The van der Waals surface area contributed by atoms with E-state index in [2.05, 4.69) is 29.6 Å². The van der Waals surface area contributed by atoms with E-state index in [0.29, 0.717) is 12.8 Å². The number of aliphatic carboxylic acids is 1. The maximum absolute atomic E-state index is 12.9. The minimum Gasteiger partial charge on any atom is -0.479 e. The lowest BCUT2D eigenvalue weighted by Gasteiger charge is -2.33. The highest BCUT2D eigenvalue weighted by Gasteiger charge is 2.55. The molecule has 2 N–H and O–H groups in total. The summed E-state index contributed by atoms with van der Waals surface area (Å²) < 4.78 is 5.72. The molecule has 0 radical (unpaired) electrons.